The number of rotatable bonds is 3. The van der Waals surface area contributed by atoms with Crippen LogP contribution in [-0.4, -0.2) is 9.67 Å². The molecule has 1 unspecified atom stereocenters. The largest absolute Gasteiger partial charge is 0.389 e. The van der Waals surface area contributed by atoms with E-state index in [2.05, 4.69) is 10.6 Å². The fraction of sp³-hybridized carbons (Fsp3) is 0.222. The highest BCUT2D eigenvalue weighted by Gasteiger charge is 2.17. The van der Waals surface area contributed by atoms with Crippen molar-refractivity contribution < 1.29 is 5.11 Å². The summed E-state index contributed by atoms with van der Waals surface area (Å²) >= 11 is 12.3. The van der Waals surface area contributed by atoms with E-state index in [0.29, 0.717) is 16.6 Å². The summed E-state index contributed by atoms with van der Waals surface area (Å²) in [6.45, 7) is 4.48. The molecule has 1 heterocycles. The van der Waals surface area contributed by atoms with Gasteiger partial charge in [0, 0.05) is 38.8 Å². The van der Waals surface area contributed by atoms with E-state index in [4.69, 9.17) is 23.2 Å². The first-order valence-corrected chi connectivity index (χ1v) is 7.94. The molecule has 3 aromatic rings. The molecular weight excluding hydrogens is 317 g/mol. The highest BCUT2D eigenvalue weighted by Crippen LogP contribution is 2.32. The van der Waals surface area contributed by atoms with Crippen LogP contribution in [0.3, 0.4) is 0 Å². The second-order valence-corrected chi connectivity index (χ2v) is 6.36. The lowest BCUT2D eigenvalue weighted by molar-refractivity contribution is 0.200. The quantitative estimate of drug-likeness (QED) is 0.685. The third-order valence-corrected chi connectivity index (χ3v) is 4.63. The van der Waals surface area contributed by atoms with Crippen molar-refractivity contribution in [2.45, 2.75) is 26.5 Å². The Kier molecular flexibility index (Phi) is 4.18. The Labute approximate surface area is 139 Å². The number of nitrogens with zero attached hydrogens (tertiary/aromatic N) is 1. The zero-order valence-corrected chi connectivity index (χ0v) is 14.0. The summed E-state index contributed by atoms with van der Waals surface area (Å²) in [5.74, 6) is 0. The highest BCUT2D eigenvalue weighted by atomic mass is 35.5. The van der Waals surface area contributed by atoms with Gasteiger partial charge in [-0.1, -0.05) is 47.5 Å². The van der Waals surface area contributed by atoms with Crippen LogP contribution < -0.4 is 0 Å². The van der Waals surface area contributed by atoms with Gasteiger partial charge < -0.3 is 9.67 Å². The lowest BCUT2D eigenvalue weighted by Gasteiger charge is -2.11. The summed E-state index contributed by atoms with van der Waals surface area (Å²) < 4.78 is 2.19. The average Bonchev–Trinajstić information content (AvgIpc) is 2.74. The van der Waals surface area contributed by atoms with Gasteiger partial charge in [0.1, 0.15) is 0 Å². The topological polar surface area (TPSA) is 25.2 Å². The molecule has 1 atom stereocenters. The van der Waals surface area contributed by atoms with E-state index < -0.39 is 6.10 Å². The van der Waals surface area contributed by atoms with E-state index in [1.165, 1.54) is 0 Å². The number of para-hydroxylation sites is 1. The third kappa shape index (κ3) is 2.63. The van der Waals surface area contributed by atoms with Crippen molar-refractivity contribution in [3.63, 3.8) is 0 Å². The van der Waals surface area contributed by atoms with Crippen LogP contribution in [0.5, 0.6) is 0 Å². The van der Waals surface area contributed by atoms with E-state index >= 15 is 0 Å². The molecule has 0 aliphatic heterocycles. The van der Waals surface area contributed by atoms with Crippen LogP contribution >= 0.6 is 23.2 Å². The van der Waals surface area contributed by atoms with E-state index in [1.807, 2.05) is 37.3 Å². The Bertz CT molecular complexity index is 836. The molecule has 4 heteroatoms. The molecule has 0 bridgehead atoms. The van der Waals surface area contributed by atoms with Crippen LogP contribution in [0, 0.1) is 6.92 Å². The van der Waals surface area contributed by atoms with Crippen molar-refractivity contribution in [2.75, 3.05) is 0 Å². The summed E-state index contributed by atoms with van der Waals surface area (Å²) in [6, 6.07) is 13.7. The molecule has 0 saturated heterocycles. The highest BCUT2D eigenvalue weighted by molar-refractivity contribution is 6.35. The second-order valence-electron chi connectivity index (χ2n) is 5.51. The Balaban J connectivity index is 2.16. The number of aliphatic hydroxyl groups excluding tert-OH is 1. The van der Waals surface area contributed by atoms with Crippen molar-refractivity contribution in [3.8, 4) is 0 Å². The molecule has 0 saturated carbocycles. The summed E-state index contributed by atoms with van der Waals surface area (Å²) in [5, 5.41) is 12.5. The first kappa shape index (κ1) is 15.4. The summed E-state index contributed by atoms with van der Waals surface area (Å²) in [4.78, 5) is 0. The molecule has 0 radical (unpaired) electrons. The van der Waals surface area contributed by atoms with Gasteiger partial charge in [-0.25, -0.2) is 0 Å². The SMILES string of the molecule is Cc1c(C(C)O)c2ccccc2n1Cc1ccc(Cl)cc1Cl. The Morgan fingerprint density at radius 3 is 2.55 bits per heavy atom. The van der Waals surface area contributed by atoms with Crippen molar-refractivity contribution in [1.29, 1.82) is 0 Å². The van der Waals surface area contributed by atoms with Crippen LogP contribution in [0.2, 0.25) is 10.0 Å². The minimum Gasteiger partial charge on any atom is -0.389 e. The maximum Gasteiger partial charge on any atom is 0.0785 e. The van der Waals surface area contributed by atoms with E-state index in [1.54, 1.807) is 13.0 Å². The number of hydrogen-bond acceptors (Lipinski definition) is 1. The molecule has 114 valence electrons. The van der Waals surface area contributed by atoms with Gasteiger partial charge in [-0.15, -0.1) is 0 Å². The predicted molar refractivity (Wildman–Crippen MR) is 92.9 cm³/mol. The number of benzene rings is 2. The van der Waals surface area contributed by atoms with E-state index in [0.717, 1.165) is 27.7 Å². The Morgan fingerprint density at radius 1 is 1.14 bits per heavy atom. The number of hydrogen-bond donors (Lipinski definition) is 1. The zero-order chi connectivity index (χ0) is 15.9. The maximum atomic E-state index is 10.1. The predicted octanol–water partition coefficient (Wildman–Crippen LogP) is 5.36. The van der Waals surface area contributed by atoms with Gasteiger partial charge in [0.25, 0.3) is 0 Å². The molecular formula is C18H17Cl2NO. The van der Waals surface area contributed by atoms with Crippen molar-refractivity contribution in [3.05, 3.63) is 69.3 Å². The maximum absolute atomic E-state index is 10.1. The average molecular weight is 334 g/mol. The molecule has 0 spiro atoms. The summed E-state index contributed by atoms with van der Waals surface area (Å²) in [5.41, 5.74) is 4.14. The Morgan fingerprint density at radius 2 is 1.86 bits per heavy atom. The molecule has 2 aromatic carbocycles. The molecule has 1 aromatic heterocycles. The standard InChI is InChI=1S/C18H17Cl2NO/c1-11-18(12(2)22)15-5-3-4-6-17(15)21(11)10-13-7-8-14(19)9-16(13)20/h3-9,12,22H,10H2,1-2H3. The van der Waals surface area contributed by atoms with E-state index in [9.17, 15) is 5.11 Å². The third-order valence-electron chi connectivity index (χ3n) is 4.04. The smallest absolute Gasteiger partial charge is 0.0785 e. The summed E-state index contributed by atoms with van der Waals surface area (Å²) in [7, 11) is 0. The number of fused-ring (bicyclic) bond motifs is 1. The van der Waals surface area contributed by atoms with Gasteiger partial charge in [0.2, 0.25) is 0 Å². The van der Waals surface area contributed by atoms with Gasteiger partial charge in [-0.3, -0.25) is 0 Å². The second kappa shape index (κ2) is 5.96. The van der Waals surface area contributed by atoms with E-state index in [-0.39, 0.29) is 0 Å². The van der Waals surface area contributed by atoms with Crippen LogP contribution in [-0.2, 0) is 6.54 Å². The van der Waals surface area contributed by atoms with Gasteiger partial charge in [-0.05, 0) is 37.6 Å². The number of aliphatic hydroxyl groups is 1. The van der Waals surface area contributed by atoms with Crippen LogP contribution in [0.1, 0.15) is 29.8 Å². The number of aromatic nitrogens is 1. The van der Waals surface area contributed by atoms with Gasteiger partial charge in [0.15, 0.2) is 0 Å². The van der Waals surface area contributed by atoms with Gasteiger partial charge >= 0.3 is 0 Å². The lowest BCUT2D eigenvalue weighted by Crippen LogP contribution is -2.03. The molecule has 3 rings (SSSR count). The Hall–Kier alpha value is -1.48. The van der Waals surface area contributed by atoms with Gasteiger partial charge in [-0.2, -0.15) is 0 Å². The molecule has 22 heavy (non-hydrogen) atoms. The molecule has 1 N–H and O–H groups in total. The fourth-order valence-corrected chi connectivity index (χ4v) is 3.48. The minimum absolute atomic E-state index is 0.508. The molecule has 0 amide bonds. The monoisotopic (exact) mass is 333 g/mol. The molecule has 0 fully saturated rings. The zero-order valence-electron chi connectivity index (χ0n) is 12.5. The molecule has 2 nitrogen and oxygen atoms in total. The van der Waals surface area contributed by atoms with Crippen LogP contribution in [0.15, 0.2) is 42.5 Å². The van der Waals surface area contributed by atoms with Crippen molar-refractivity contribution in [1.82, 2.24) is 4.57 Å². The van der Waals surface area contributed by atoms with Crippen molar-refractivity contribution >= 4 is 34.1 Å². The molecule has 0 aliphatic carbocycles. The number of halogens is 2. The first-order valence-electron chi connectivity index (χ1n) is 7.18. The first-order chi connectivity index (χ1) is 10.5. The minimum atomic E-state index is -0.508. The van der Waals surface area contributed by atoms with Crippen LogP contribution in [0.4, 0.5) is 0 Å². The van der Waals surface area contributed by atoms with Crippen LogP contribution in [0.25, 0.3) is 10.9 Å². The summed E-state index contributed by atoms with van der Waals surface area (Å²) in [6.07, 6.45) is -0.508. The van der Waals surface area contributed by atoms with Crippen molar-refractivity contribution in [2.24, 2.45) is 0 Å². The fourth-order valence-electron chi connectivity index (χ4n) is 3.01. The normalized spacial score (nSPS) is 12.8. The lowest BCUT2D eigenvalue weighted by atomic mass is 10.1. The van der Waals surface area contributed by atoms with Gasteiger partial charge in [0.05, 0.1) is 6.10 Å². The molecule has 0 aliphatic rings.